The topological polar surface area (TPSA) is 79.2 Å². The molecule has 4 aromatic rings. The molecule has 2 amide bonds. The van der Waals surface area contributed by atoms with Crippen LogP contribution in [0.4, 0.5) is 16.3 Å². The zero-order valence-electron chi connectivity index (χ0n) is 15.5. The lowest BCUT2D eigenvalue weighted by molar-refractivity contribution is 0.262. The Morgan fingerprint density at radius 2 is 1.90 bits per heavy atom. The molecule has 152 valence electrons. The van der Waals surface area contributed by atoms with Crippen molar-refractivity contribution in [1.29, 1.82) is 0 Å². The van der Waals surface area contributed by atoms with Crippen LogP contribution >= 0.6 is 34.5 Å². The molecule has 0 atom stereocenters. The molecule has 2 aromatic carbocycles. The summed E-state index contributed by atoms with van der Waals surface area (Å²) >= 11 is 13.7. The van der Waals surface area contributed by atoms with E-state index in [9.17, 15) is 9.90 Å². The van der Waals surface area contributed by atoms with Crippen molar-refractivity contribution in [2.75, 3.05) is 10.6 Å². The van der Waals surface area contributed by atoms with Crippen molar-refractivity contribution in [2.24, 2.45) is 0 Å². The second-order valence-corrected chi connectivity index (χ2v) is 8.05. The van der Waals surface area contributed by atoms with Gasteiger partial charge in [0.1, 0.15) is 11.5 Å². The average Bonchev–Trinajstić information content (AvgIpc) is 3.41. The molecule has 6 nitrogen and oxygen atoms in total. The zero-order chi connectivity index (χ0) is 21.1. The highest BCUT2D eigenvalue weighted by molar-refractivity contribution is 7.13. The predicted molar refractivity (Wildman–Crippen MR) is 122 cm³/mol. The first-order chi connectivity index (χ1) is 14.5. The lowest BCUT2D eigenvalue weighted by Crippen LogP contribution is -2.21. The van der Waals surface area contributed by atoms with Gasteiger partial charge in [0.25, 0.3) is 0 Å². The number of hydrogen-bond donors (Lipinski definition) is 3. The van der Waals surface area contributed by atoms with Crippen LogP contribution in [-0.2, 0) is 6.61 Å². The number of benzene rings is 2. The number of thiophene rings is 1. The van der Waals surface area contributed by atoms with Crippen LogP contribution in [-0.4, -0.2) is 20.9 Å². The maximum absolute atomic E-state index is 12.6. The van der Waals surface area contributed by atoms with Crippen LogP contribution in [0.5, 0.6) is 0 Å². The number of halogens is 2. The van der Waals surface area contributed by atoms with Crippen molar-refractivity contribution in [3.8, 4) is 16.3 Å². The molecule has 9 heteroatoms. The van der Waals surface area contributed by atoms with Gasteiger partial charge in [-0.15, -0.1) is 11.3 Å². The Morgan fingerprint density at radius 3 is 2.67 bits per heavy atom. The van der Waals surface area contributed by atoms with Crippen molar-refractivity contribution >= 4 is 52.1 Å². The number of aromatic nitrogens is 2. The van der Waals surface area contributed by atoms with Gasteiger partial charge in [-0.1, -0.05) is 47.5 Å². The SMILES string of the molecule is O=C(Nc1cccc(Cl)c1Cl)Nc1cc(-c2cccs2)nn1-c1cccc(CO)c1. The van der Waals surface area contributed by atoms with Crippen molar-refractivity contribution in [1.82, 2.24) is 9.78 Å². The smallest absolute Gasteiger partial charge is 0.324 e. The number of amides is 2. The summed E-state index contributed by atoms with van der Waals surface area (Å²) in [6.07, 6.45) is 0. The monoisotopic (exact) mass is 458 g/mol. The molecule has 0 aliphatic heterocycles. The highest BCUT2D eigenvalue weighted by Gasteiger charge is 2.16. The lowest BCUT2D eigenvalue weighted by Gasteiger charge is -2.12. The van der Waals surface area contributed by atoms with Gasteiger partial charge < -0.3 is 10.4 Å². The number of nitrogens with zero attached hydrogens (tertiary/aromatic N) is 2. The Hall–Kier alpha value is -2.84. The molecule has 0 spiro atoms. The maximum Gasteiger partial charge on any atom is 0.324 e. The first-order valence-corrected chi connectivity index (χ1v) is 10.5. The van der Waals surface area contributed by atoms with Crippen LogP contribution in [0.15, 0.2) is 66.0 Å². The predicted octanol–water partition coefficient (Wildman–Crippen LogP) is 6.04. The molecule has 0 aliphatic carbocycles. The minimum Gasteiger partial charge on any atom is -0.392 e. The van der Waals surface area contributed by atoms with Gasteiger partial charge in [-0.3, -0.25) is 5.32 Å². The van der Waals surface area contributed by atoms with Crippen LogP contribution in [0.3, 0.4) is 0 Å². The van der Waals surface area contributed by atoms with E-state index in [2.05, 4.69) is 15.7 Å². The highest BCUT2D eigenvalue weighted by Crippen LogP contribution is 2.31. The minimum absolute atomic E-state index is 0.0938. The van der Waals surface area contributed by atoms with Crippen LogP contribution in [0.1, 0.15) is 5.56 Å². The first-order valence-electron chi connectivity index (χ1n) is 8.91. The molecule has 0 fully saturated rings. The Balaban J connectivity index is 1.67. The number of hydrogen-bond acceptors (Lipinski definition) is 4. The van der Waals surface area contributed by atoms with E-state index in [-0.39, 0.29) is 11.6 Å². The molecule has 0 saturated carbocycles. The standard InChI is InChI=1S/C21H16Cl2N4O2S/c22-15-6-2-7-16(20(15)23)24-21(29)25-19-11-17(18-8-3-9-30-18)26-27(19)14-5-1-4-13(10-14)12-28/h1-11,28H,12H2,(H2,24,25,29). The van der Waals surface area contributed by atoms with E-state index in [1.807, 2.05) is 41.8 Å². The summed E-state index contributed by atoms with van der Waals surface area (Å²) in [6, 6.07) is 17.5. The molecule has 2 aromatic heterocycles. The summed E-state index contributed by atoms with van der Waals surface area (Å²) in [4.78, 5) is 13.6. The number of aliphatic hydroxyl groups excluding tert-OH is 1. The van der Waals surface area contributed by atoms with Gasteiger partial charge in [0.2, 0.25) is 0 Å². The number of urea groups is 1. The van der Waals surface area contributed by atoms with Gasteiger partial charge in [-0.2, -0.15) is 5.10 Å². The summed E-state index contributed by atoms with van der Waals surface area (Å²) in [6.45, 7) is -0.0938. The summed E-state index contributed by atoms with van der Waals surface area (Å²) in [7, 11) is 0. The Labute approximate surface area is 186 Å². The van der Waals surface area contributed by atoms with Crippen LogP contribution in [0.25, 0.3) is 16.3 Å². The lowest BCUT2D eigenvalue weighted by atomic mass is 10.2. The molecule has 2 heterocycles. The van der Waals surface area contributed by atoms with E-state index in [1.165, 1.54) is 0 Å². The van der Waals surface area contributed by atoms with Crippen LogP contribution in [0.2, 0.25) is 10.0 Å². The van der Waals surface area contributed by atoms with Gasteiger partial charge >= 0.3 is 6.03 Å². The van der Waals surface area contributed by atoms with Crippen molar-refractivity contribution in [3.63, 3.8) is 0 Å². The zero-order valence-corrected chi connectivity index (χ0v) is 17.8. The molecule has 0 unspecified atom stereocenters. The fourth-order valence-corrected chi connectivity index (χ4v) is 3.90. The maximum atomic E-state index is 12.6. The van der Waals surface area contributed by atoms with Crippen LogP contribution < -0.4 is 10.6 Å². The van der Waals surface area contributed by atoms with Crippen molar-refractivity contribution in [3.05, 3.63) is 81.7 Å². The van der Waals surface area contributed by atoms with E-state index in [4.69, 9.17) is 23.2 Å². The van der Waals surface area contributed by atoms with E-state index in [0.717, 1.165) is 16.1 Å². The molecular formula is C21H16Cl2N4O2S. The Kier molecular flexibility index (Phi) is 6.06. The summed E-state index contributed by atoms with van der Waals surface area (Å²) < 4.78 is 1.62. The summed E-state index contributed by atoms with van der Waals surface area (Å²) in [5.41, 5.74) is 2.56. The molecule has 0 radical (unpaired) electrons. The average molecular weight is 459 g/mol. The van der Waals surface area contributed by atoms with Gasteiger partial charge in [-0.25, -0.2) is 9.48 Å². The van der Waals surface area contributed by atoms with E-state index in [1.54, 1.807) is 40.3 Å². The second kappa shape index (κ2) is 8.89. The molecule has 0 aliphatic rings. The van der Waals surface area contributed by atoms with Gasteiger partial charge in [0.15, 0.2) is 0 Å². The van der Waals surface area contributed by atoms with E-state index in [0.29, 0.717) is 22.2 Å². The molecule has 3 N–H and O–H groups in total. The number of nitrogens with one attached hydrogen (secondary N) is 2. The third-order valence-electron chi connectivity index (χ3n) is 4.26. The quantitative estimate of drug-likeness (QED) is 0.340. The molecule has 30 heavy (non-hydrogen) atoms. The number of anilines is 2. The Morgan fingerprint density at radius 1 is 1.07 bits per heavy atom. The molecular weight excluding hydrogens is 443 g/mol. The molecule has 0 saturated heterocycles. The highest BCUT2D eigenvalue weighted by atomic mass is 35.5. The van der Waals surface area contributed by atoms with Gasteiger partial charge in [-0.05, 0) is 41.3 Å². The number of carbonyl (C=O) groups excluding carboxylic acids is 1. The minimum atomic E-state index is -0.489. The van der Waals surface area contributed by atoms with Crippen LogP contribution in [0, 0.1) is 0 Å². The fraction of sp³-hybridized carbons (Fsp3) is 0.0476. The summed E-state index contributed by atoms with van der Waals surface area (Å²) in [5.74, 6) is 0.462. The van der Waals surface area contributed by atoms with Crippen molar-refractivity contribution in [2.45, 2.75) is 6.61 Å². The molecule has 4 rings (SSSR count). The van der Waals surface area contributed by atoms with E-state index >= 15 is 0 Å². The second-order valence-electron chi connectivity index (χ2n) is 6.31. The Bertz CT molecular complexity index is 1190. The third-order valence-corrected chi connectivity index (χ3v) is 5.97. The fourth-order valence-electron chi connectivity index (χ4n) is 2.87. The largest absolute Gasteiger partial charge is 0.392 e. The number of aliphatic hydroxyl groups is 1. The van der Waals surface area contributed by atoms with Gasteiger partial charge in [0.05, 0.1) is 32.9 Å². The first kappa shape index (κ1) is 20.4. The van der Waals surface area contributed by atoms with Gasteiger partial charge in [0, 0.05) is 6.07 Å². The third kappa shape index (κ3) is 4.34. The summed E-state index contributed by atoms with van der Waals surface area (Å²) in [5, 5.41) is 22.2. The molecule has 0 bridgehead atoms. The normalized spacial score (nSPS) is 10.8. The van der Waals surface area contributed by atoms with Crippen molar-refractivity contribution < 1.29 is 9.90 Å². The number of carbonyl (C=O) groups is 1. The number of rotatable bonds is 5. The van der Waals surface area contributed by atoms with E-state index < -0.39 is 6.03 Å².